The predicted molar refractivity (Wildman–Crippen MR) is 198 cm³/mol. The summed E-state index contributed by atoms with van der Waals surface area (Å²) >= 11 is 0. The zero-order valence-corrected chi connectivity index (χ0v) is 31.3. The van der Waals surface area contributed by atoms with Gasteiger partial charge < -0.3 is 24.5 Å². The number of rotatable bonds is 10. The molecule has 3 N–H and O–H groups in total. The van der Waals surface area contributed by atoms with Crippen molar-refractivity contribution in [1.82, 2.24) is 29.8 Å². The number of carboxylic acids is 1. The summed E-state index contributed by atoms with van der Waals surface area (Å²) in [5, 5.41) is 13.1. The van der Waals surface area contributed by atoms with Crippen LogP contribution in [0.3, 0.4) is 0 Å². The molecular weight excluding hydrogens is 683 g/mol. The lowest BCUT2D eigenvalue weighted by Gasteiger charge is -2.27. The van der Waals surface area contributed by atoms with Crippen LogP contribution in [0.15, 0.2) is 65.7 Å². The van der Waals surface area contributed by atoms with Crippen LogP contribution in [0.25, 0.3) is 22.4 Å². The first-order valence-electron chi connectivity index (χ1n) is 17.2. The number of hydrogen-bond donors (Lipinski definition) is 3. The van der Waals surface area contributed by atoms with Crippen molar-refractivity contribution in [2.75, 3.05) is 18.4 Å². The van der Waals surface area contributed by atoms with Gasteiger partial charge in [-0.2, -0.15) is 4.98 Å². The molecule has 1 aliphatic rings. The van der Waals surface area contributed by atoms with E-state index in [1.54, 1.807) is 13.2 Å². The Morgan fingerprint density at radius 1 is 1.04 bits per heavy atom. The lowest BCUT2D eigenvalue weighted by Crippen LogP contribution is -2.45. The maximum atomic E-state index is 13.5. The fourth-order valence-electron chi connectivity index (χ4n) is 6.86. The molecule has 6 rings (SSSR count). The molecule has 274 valence electrons. The molecule has 4 heterocycles. The minimum atomic E-state index is -4.26. The molecule has 1 fully saturated rings. The standard InChI is InChI=1S/C38H45N7O6S/c1-22-11-8-12-23(2)34(22)27-19-33(43-37(42-27)44-52(48,49)25-14-9-13-24(17-25)36(46)47)51-21-30-31(50-7)16-10-15-26(40-30)29-20-39-28-18-32(38(3,4)5)45(6)35(28)41-29/h8-9,11-14,17-20,26,30-31,40H,10,15-16,21H2,1-7H3,(H,46,47)(H,42,43,44)/t26-,30-,31+/m0/s1. The molecule has 1 aliphatic heterocycles. The Bertz CT molecular complexity index is 2210. The van der Waals surface area contributed by atoms with Crippen LogP contribution in [-0.4, -0.2) is 69.9 Å². The highest BCUT2D eigenvalue weighted by atomic mass is 32.2. The lowest BCUT2D eigenvalue weighted by molar-refractivity contribution is 0.0468. The first-order valence-corrected chi connectivity index (χ1v) is 18.7. The number of aromatic carboxylic acids is 1. The van der Waals surface area contributed by atoms with Gasteiger partial charge in [0, 0.05) is 36.9 Å². The molecule has 2 aromatic carbocycles. The molecule has 0 bridgehead atoms. The topological polar surface area (TPSA) is 170 Å². The van der Waals surface area contributed by atoms with Gasteiger partial charge in [0.25, 0.3) is 10.0 Å². The van der Waals surface area contributed by atoms with Gasteiger partial charge in [0.05, 0.1) is 46.2 Å². The SMILES string of the molecule is CO[C@@H]1CCC[C@@H](c2cnc3cc(C(C)(C)C)n(C)c3n2)N[C@H]1COc1cc(-c2c(C)cccc2C)nc(NS(=O)(=O)c2cccc(C(=O)O)c2)n1. The highest BCUT2D eigenvalue weighted by Gasteiger charge is 2.31. The van der Waals surface area contributed by atoms with E-state index in [-0.39, 0.29) is 52.5 Å². The molecule has 52 heavy (non-hydrogen) atoms. The zero-order valence-electron chi connectivity index (χ0n) is 30.5. The highest BCUT2D eigenvalue weighted by molar-refractivity contribution is 7.92. The monoisotopic (exact) mass is 727 g/mol. The van der Waals surface area contributed by atoms with E-state index in [9.17, 15) is 18.3 Å². The van der Waals surface area contributed by atoms with E-state index < -0.39 is 16.0 Å². The van der Waals surface area contributed by atoms with Crippen molar-refractivity contribution in [3.05, 3.63) is 88.9 Å². The average molecular weight is 728 g/mol. The van der Waals surface area contributed by atoms with Gasteiger partial charge in [-0.25, -0.2) is 27.9 Å². The molecule has 0 saturated carbocycles. The van der Waals surface area contributed by atoms with Crippen LogP contribution in [0.5, 0.6) is 5.88 Å². The van der Waals surface area contributed by atoms with E-state index in [1.807, 2.05) is 45.3 Å². The predicted octanol–water partition coefficient (Wildman–Crippen LogP) is 6.12. The van der Waals surface area contributed by atoms with E-state index in [4.69, 9.17) is 19.4 Å². The van der Waals surface area contributed by atoms with Crippen molar-refractivity contribution in [1.29, 1.82) is 0 Å². The molecule has 0 aliphatic carbocycles. The smallest absolute Gasteiger partial charge is 0.335 e. The number of fused-ring (bicyclic) bond motifs is 1. The third-order valence-corrected chi connectivity index (χ3v) is 10.8. The van der Waals surface area contributed by atoms with Crippen LogP contribution in [0.1, 0.15) is 78.9 Å². The van der Waals surface area contributed by atoms with Crippen molar-refractivity contribution >= 4 is 33.1 Å². The van der Waals surface area contributed by atoms with E-state index in [0.29, 0.717) is 5.69 Å². The summed E-state index contributed by atoms with van der Waals surface area (Å²) in [4.78, 5) is 30.2. The first kappa shape index (κ1) is 36.9. The van der Waals surface area contributed by atoms with Crippen molar-refractivity contribution in [2.24, 2.45) is 7.05 Å². The normalized spacial score (nSPS) is 18.2. The second-order valence-corrected chi connectivity index (χ2v) is 16.0. The highest BCUT2D eigenvalue weighted by Crippen LogP contribution is 2.32. The Morgan fingerprint density at radius 3 is 2.46 bits per heavy atom. The number of carboxylic acid groups (broad SMARTS) is 1. The van der Waals surface area contributed by atoms with Gasteiger partial charge in [0.2, 0.25) is 11.8 Å². The lowest BCUT2D eigenvalue weighted by atomic mass is 9.92. The maximum Gasteiger partial charge on any atom is 0.335 e. The van der Waals surface area contributed by atoms with E-state index in [2.05, 4.69) is 51.4 Å². The zero-order chi connectivity index (χ0) is 37.4. The molecule has 0 unspecified atom stereocenters. The van der Waals surface area contributed by atoms with Crippen molar-refractivity contribution in [2.45, 2.75) is 82.4 Å². The first-order chi connectivity index (χ1) is 24.6. The minimum Gasteiger partial charge on any atom is -0.478 e. The van der Waals surface area contributed by atoms with Crippen molar-refractivity contribution < 1.29 is 27.8 Å². The number of hydrogen-bond acceptors (Lipinski definition) is 10. The second kappa shape index (κ2) is 14.6. The van der Waals surface area contributed by atoms with Crippen molar-refractivity contribution in [3.63, 3.8) is 0 Å². The number of nitrogens with zero attached hydrogens (tertiary/aromatic N) is 5. The molecule has 14 heteroatoms. The number of sulfonamides is 1. The third-order valence-electron chi connectivity index (χ3n) is 9.49. The van der Waals surface area contributed by atoms with Gasteiger partial charge in [0.1, 0.15) is 12.1 Å². The van der Waals surface area contributed by atoms with E-state index >= 15 is 0 Å². The van der Waals surface area contributed by atoms with Crippen molar-refractivity contribution in [3.8, 4) is 17.1 Å². The van der Waals surface area contributed by atoms with Crippen LogP contribution in [0.4, 0.5) is 5.95 Å². The average Bonchev–Trinajstić information content (AvgIpc) is 3.29. The second-order valence-electron chi connectivity index (χ2n) is 14.3. The molecular formula is C38H45N7O6S. The fraction of sp³-hybridized carbons (Fsp3) is 0.395. The molecule has 0 amide bonds. The van der Waals surface area contributed by atoms with Gasteiger partial charge in [-0.05, 0) is 68.5 Å². The molecule has 0 spiro atoms. The Morgan fingerprint density at radius 2 is 1.77 bits per heavy atom. The summed E-state index contributed by atoms with van der Waals surface area (Å²) in [6, 6.07) is 14.3. The molecule has 13 nitrogen and oxygen atoms in total. The van der Waals surface area contributed by atoms with Gasteiger partial charge in [-0.3, -0.25) is 4.98 Å². The quantitative estimate of drug-likeness (QED) is 0.152. The molecule has 0 radical (unpaired) electrons. The van der Waals surface area contributed by atoms with Crippen LogP contribution >= 0.6 is 0 Å². The molecule has 1 saturated heterocycles. The molecule has 3 aromatic heterocycles. The fourth-order valence-corrected chi connectivity index (χ4v) is 7.85. The van der Waals surface area contributed by atoms with Gasteiger partial charge in [-0.1, -0.05) is 45.0 Å². The number of carbonyl (C=O) groups is 1. The number of anilines is 1. The van der Waals surface area contributed by atoms with Crippen LogP contribution in [0.2, 0.25) is 0 Å². The van der Waals surface area contributed by atoms with Gasteiger partial charge >= 0.3 is 5.97 Å². The van der Waals surface area contributed by atoms with E-state index in [1.165, 1.54) is 18.2 Å². The molecule has 3 atom stereocenters. The Labute approximate surface area is 303 Å². The number of methoxy groups -OCH3 is 1. The summed E-state index contributed by atoms with van der Waals surface area (Å²) in [5.74, 6) is -1.31. The third kappa shape index (κ3) is 7.78. The maximum absolute atomic E-state index is 13.5. The number of ether oxygens (including phenoxy) is 2. The number of nitrogens with one attached hydrogen (secondary N) is 2. The Balaban J connectivity index is 1.30. The number of aryl methyl sites for hydroxylation is 3. The summed E-state index contributed by atoms with van der Waals surface area (Å²) in [5.41, 5.74) is 6.59. The molecule has 5 aromatic rings. The van der Waals surface area contributed by atoms with Gasteiger partial charge in [0.15, 0.2) is 5.65 Å². The summed E-state index contributed by atoms with van der Waals surface area (Å²) in [6.45, 7) is 10.6. The van der Waals surface area contributed by atoms with E-state index in [0.717, 1.165) is 64.6 Å². The number of aromatic nitrogens is 5. The Kier molecular flexibility index (Phi) is 10.4. The summed E-state index contributed by atoms with van der Waals surface area (Å²) in [7, 11) is -0.559. The summed E-state index contributed by atoms with van der Waals surface area (Å²) in [6.07, 6.45) is 4.17. The largest absolute Gasteiger partial charge is 0.478 e. The van der Waals surface area contributed by atoms with Crippen LogP contribution in [0, 0.1) is 13.8 Å². The summed E-state index contributed by atoms with van der Waals surface area (Å²) < 4.78 is 43.7. The van der Waals surface area contributed by atoms with Crippen LogP contribution in [-0.2, 0) is 27.2 Å². The minimum absolute atomic E-state index is 0.0598. The van der Waals surface area contributed by atoms with Crippen LogP contribution < -0.4 is 14.8 Å². The number of benzene rings is 2. The Hall–Kier alpha value is -4.92. The van der Waals surface area contributed by atoms with Gasteiger partial charge in [-0.15, -0.1) is 0 Å².